The second kappa shape index (κ2) is 8.09. The molecule has 25 heavy (non-hydrogen) atoms. The van der Waals surface area contributed by atoms with Gasteiger partial charge >= 0.3 is 0 Å². The highest BCUT2D eigenvalue weighted by Crippen LogP contribution is 2.39. The lowest BCUT2D eigenvalue weighted by atomic mass is 10.1. The molecule has 5 atom stereocenters. The lowest BCUT2D eigenvalue weighted by Gasteiger charge is -2.28. The Morgan fingerprint density at radius 2 is 1.96 bits per heavy atom. The molecule has 0 radical (unpaired) electrons. The van der Waals surface area contributed by atoms with Crippen LogP contribution in [-0.2, 0) is 35.0 Å². The van der Waals surface area contributed by atoms with Gasteiger partial charge in [-0.15, -0.1) is 0 Å². The zero-order valence-corrected chi connectivity index (χ0v) is 14.8. The monoisotopic (exact) mass is 354 g/mol. The summed E-state index contributed by atoms with van der Waals surface area (Å²) in [6, 6.07) is 9.78. The lowest BCUT2D eigenvalue weighted by molar-refractivity contribution is -0.238. The normalized spacial score (nSPS) is 31.8. The lowest BCUT2D eigenvalue weighted by Crippen LogP contribution is -2.44. The van der Waals surface area contributed by atoms with Crippen LogP contribution >= 0.6 is 0 Å². The van der Waals surface area contributed by atoms with Crippen molar-refractivity contribution in [3.8, 4) is 0 Å². The molecular weight excluding hydrogens is 328 g/mol. The highest BCUT2D eigenvalue weighted by molar-refractivity contribution is 5.13. The number of aliphatic hydroxyl groups excluding tert-OH is 1. The zero-order chi connectivity index (χ0) is 17.9. The Morgan fingerprint density at radius 1 is 1.20 bits per heavy atom. The van der Waals surface area contributed by atoms with Gasteiger partial charge in [0.25, 0.3) is 0 Å². The van der Waals surface area contributed by atoms with E-state index < -0.39 is 36.5 Å². The molecule has 0 spiro atoms. The van der Waals surface area contributed by atoms with E-state index in [2.05, 4.69) is 0 Å². The molecule has 7 heteroatoms. The molecule has 0 saturated carbocycles. The van der Waals surface area contributed by atoms with Crippen molar-refractivity contribution in [2.75, 3.05) is 20.5 Å². The Hall–Kier alpha value is -1.06. The van der Waals surface area contributed by atoms with Gasteiger partial charge in [-0.1, -0.05) is 30.3 Å². The summed E-state index contributed by atoms with van der Waals surface area (Å²) in [5.74, 6) is -0.746. The molecule has 2 saturated heterocycles. The van der Waals surface area contributed by atoms with Crippen LogP contribution in [0.3, 0.4) is 0 Å². The topological polar surface area (TPSA) is 75.6 Å². The van der Waals surface area contributed by atoms with Crippen molar-refractivity contribution in [3.63, 3.8) is 0 Å². The molecule has 0 aliphatic carbocycles. The fraction of sp³-hybridized carbons (Fsp3) is 0.667. The van der Waals surface area contributed by atoms with E-state index in [4.69, 9.17) is 28.4 Å². The Kier molecular flexibility index (Phi) is 6.06. The average molecular weight is 354 g/mol. The van der Waals surface area contributed by atoms with Crippen LogP contribution in [0, 0.1) is 0 Å². The predicted octanol–water partition coefficient (Wildman–Crippen LogP) is 1.43. The molecule has 2 heterocycles. The first-order chi connectivity index (χ1) is 12.0. The molecule has 2 aliphatic rings. The summed E-state index contributed by atoms with van der Waals surface area (Å²) in [5.41, 5.74) is 1.04. The minimum atomic E-state index is -0.869. The number of methoxy groups -OCH3 is 1. The minimum absolute atomic E-state index is 0.0785. The molecule has 7 nitrogen and oxygen atoms in total. The molecule has 0 amide bonds. The molecule has 140 valence electrons. The summed E-state index contributed by atoms with van der Waals surface area (Å²) >= 11 is 0. The first kappa shape index (κ1) is 18.7. The van der Waals surface area contributed by atoms with Gasteiger partial charge in [0, 0.05) is 7.11 Å². The molecule has 1 aromatic carbocycles. The maximum absolute atomic E-state index is 10.5. The van der Waals surface area contributed by atoms with Crippen LogP contribution in [0.5, 0.6) is 0 Å². The highest BCUT2D eigenvalue weighted by atomic mass is 16.8. The largest absolute Gasteiger partial charge is 0.388 e. The van der Waals surface area contributed by atoms with Gasteiger partial charge in [-0.25, -0.2) is 0 Å². The number of aliphatic hydroxyl groups is 1. The van der Waals surface area contributed by atoms with E-state index in [1.807, 2.05) is 44.2 Å². The maximum atomic E-state index is 10.5. The van der Waals surface area contributed by atoms with E-state index in [0.29, 0.717) is 6.61 Å². The minimum Gasteiger partial charge on any atom is -0.388 e. The molecule has 2 aliphatic heterocycles. The predicted molar refractivity (Wildman–Crippen MR) is 87.6 cm³/mol. The Labute approximate surface area is 147 Å². The first-order valence-electron chi connectivity index (χ1n) is 8.41. The molecule has 2 fully saturated rings. The molecule has 1 N–H and O–H groups in total. The van der Waals surface area contributed by atoms with Crippen molar-refractivity contribution >= 4 is 0 Å². The van der Waals surface area contributed by atoms with Gasteiger partial charge in [-0.2, -0.15) is 0 Å². The molecule has 1 aromatic rings. The second-order valence-electron chi connectivity index (χ2n) is 6.68. The van der Waals surface area contributed by atoms with Gasteiger partial charge in [0.2, 0.25) is 0 Å². The van der Waals surface area contributed by atoms with Crippen LogP contribution in [0.15, 0.2) is 30.3 Å². The van der Waals surface area contributed by atoms with Crippen molar-refractivity contribution in [2.45, 2.75) is 56.9 Å². The van der Waals surface area contributed by atoms with Crippen LogP contribution in [0.1, 0.15) is 19.4 Å². The summed E-state index contributed by atoms with van der Waals surface area (Å²) in [7, 11) is 1.54. The van der Waals surface area contributed by atoms with E-state index in [0.717, 1.165) is 5.56 Å². The van der Waals surface area contributed by atoms with Crippen molar-refractivity contribution in [1.82, 2.24) is 0 Å². The summed E-state index contributed by atoms with van der Waals surface area (Å²) in [4.78, 5) is 0. The van der Waals surface area contributed by atoms with E-state index in [9.17, 15) is 5.11 Å². The van der Waals surface area contributed by atoms with E-state index in [1.54, 1.807) is 0 Å². The van der Waals surface area contributed by atoms with Gasteiger partial charge in [0.05, 0.1) is 13.2 Å². The third-order valence-corrected chi connectivity index (χ3v) is 4.18. The van der Waals surface area contributed by atoms with Crippen molar-refractivity contribution < 1.29 is 33.5 Å². The molecule has 3 rings (SSSR count). The highest BCUT2D eigenvalue weighted by Gasteiger charge is 2.57. The Balaban J connectivity index is 1.56. The number of hydrogen-bond donors (Lipinski definition) is 1. The van der Waals surface area contributed by atoms with Crippen LogP contribution < -0.4 is 0 Å². The molecule has 0 unspecified atom stereocenters. The molecule has 0 aromatic heterocycles. The van der Waals surface area contributed by atoms with Gasteiger partial charge < -0.3 is 33.5 Å². The van der Waals surface area contributed by atoms with E-state index in [1.165, 1.54) is 7.11 Å². The first-order valence-corrected chi connectivity index (χ1v) is 8.41. The summed E-state index contributed by atoms with van der Waals surface area (Å²) in [5, 5.41) is 10.5. The van der Waals surface area contributed by atoms with Crippen molar-refractivity contribution in [1.29, 1.82) is 0 Å². The van der Waals surface area contributed by atoms with Gasteiger partial charge in [-0.3, -0.25) is 0 Å². The molecular formula is C18H26O7. The van der Waals surface area contributed by atoms with Gasteiger partial charge in [0.1, 0.15) is 31.2 Å². The smallest absolute Gasteiger partial charge is 0.190 e. The van der Waals surface area contributed by atoms with Gasteiger partial charge in [-0.05, 0) is 19.4 Å². The van der Waals surface area contributed by atoms with Crippen molar-refractivity contribution in [2.24, 2.45) is 0 Å². The number of benzene rings is 1. The summed E-state index contributed by atoms with van der Waals surface area (Å²) in [6.07, 6.45) is -2.98. The summed E-state index contributed by atoms with van der Waals surface area (Å²) < 4.78 is 33.7. The van der Waals surface area contributed by atoms with Crippen LogP contribution in [0.25, 0.3) is 0 Å². The zero-order valence-electron chi connectivity index (χ0n) is 14.8. The fourth-order valence-electron chi connectivity index (χ4n) is 3.12. The number of rotatable bonds is 8. The van der Waals surface area contributed by atoms with Crippen LogP contribution in [0.4, 0.5) is 0 Å². The average Bonchev–Trinajstić information content (AvgIpc) is 3.06. The Bertz CT molecular complexity index is 535. The quantitative estimate of drug-likeness (QED) is 0.708. The third-order valence-electron chi connectivity index (χ3n) is 4.18. The summed E-state index contributed by atoms with van der Waals surface area (Å²) in [6.45, 7) is 4.25. The Morgan fingerprint density at radius 3 is 2.68 bits per heavy atom. The molecule has 0 bridgehead atoms. The number of hydrogen-bond acceptors (Lipinski definition) is 7. The maximum Gasteiger partial charge on any atom is 0.190 e. The fourth-order valence-corrected chi connectivity index (χ4v) is 3.12. The third kappa shape index (κ3) is 4.57. The standard InChI is InChI=1S/C18H26O7/c1-18(2)24-16-15(22-11-20-3)14(23-17(16)25-18)13(19)10-21-9-12-7-5-4-6-8-12/h4-8,13-17,19H,9-11H2,1-3H3/t13-,14-,15+,16-,17-/m1/s1. The van der Waals surface area contributed by atoms with E-state index >= 15 is 0 Å². The van der Waals surface area contributed by atoms with Crippen LogP contribution in [0.2, 0.25) is 0 Å². The number of ether oxygens (including phenoxy) is 6. The van der Waals surface area contributed by atoms with Gasteiger partial charge in [0.15, 0.2) is 12.1 Å². The number of fused-ring (bicyclic) bond motifs is 1. The van der Waals surface area contributed by atoms with Crippen molar-refractivity contribution in [3.05, 3.63) is 35.9 Å². The van der Waals surface area contributed by atoms with E-state index in [-0.39, 0.29) is 13.4 Å². The van der Waals surface area contributed by atoms with Crippen LogP contribution in [-0.4, -0.2) is 62.1 Å². The SMILES string of the molecule is COCO[C@@H]1[C@H]2OC(C)(C)O[C@H]2O[C@@H]1[C@H](O)COCc1ccccc1. The second-order valence-corrected chi connectivity index (χ2v) is 6.68.